The topological polar surface area (TPSA) is 24.9 Å². The molecule has 1 aromatic carbocycles. The largest absolute Gasteiger partial charge is 0.316 e. The van der Waals surface area contributed by atoms with Gasteiger partial charge in [0.05, 0.1) is 0 Å². The molecule has 0 spiro atoms. The molecular weight excluding hydrogens is 280 g/mol. The smallest absolute Gasteiger partial charge is 0.0482 e. The van der Waals surface area contributed by atoms with Crippen LogP contribution in [0, 0.1) is 0 Å². The molecule has 1 aliphatic rings. The summed E-state index contributed by atoms with van der Waals surface area (Å²) in [6.45, 7) is 0. The van der Waals surface area contributed by atoms with E-state index in [4.69, 9.17) is 11.6 Å². The second kappa shape index (κ2) is 6.59. The van der Waals surface area contributed by atoms with E-state index in [0.717, 1.165) is 17.9 Å². The van der Waals surface area contributed by atoms with Crippen molar-refractivity contribution >= 4 is 11.6 Å². The minimum Gasteiger partial charge on any atom is -0.316 e. The second-order valence-electron chi connectivity index (χ2n) is 5.77. The Morgan fingerprint density at radius 3 is 2.86 bits per heavy atom. The summed E-state index contributed by atoms with van der Waals surface area (Å²) in [6.07, 6.45) is 6.56. The van der Waals surface area contributed by atoms with Gasteiger partial charge in [0.1, 0.15) is 0 Å². The molecule has 110 valence electrons. The highest BCUT2D eigenvalue weighted by molar-refractivity contribution is 6.30. The van der Waals surface area contributed by atoms with Gasteiger partial charge in [0, 0.05) is 28.9 Å². The van der Waals surface area contributed by atoms with Crippen molar-refractivity contribution in [3.63, 3.8) is 0 Å². The van der Waals surface area contributed by atoms with E-state index in [1.54, 1.807) is 0 Å². The Morgan fingerprint density at radius 1 is 1.29 bits per heavy atom. The maximum absolute atomic E-state index is 5.97. The Labute approximate surface area is 131 Å². The highest BCUT2D eigenvalue weighted by Crippen LogP contribution is 2.33. The number of hydrogen-bond acceptors (Lipinski definition) is 2. The van der Waals surface area contributed by atoms with Crippen LogP contribution in [0.25, 0.3) is 0 Å². The Balaban J connectivity index is 1.82. The molecule has 0 amide bonds. The van der Waals surface area contributed by atoms with Crippen LogP contribution in [0.1, 0.15) is 35.6 Å². The fourth-order valence-electron chi connectivity index (χ4n) is 3.36. The minimum atomic E-state index is 0.417. The normalized spacial score (nSPS) is 19.0. The second-order valence-corrected chi connectivity index (χ2v) is 6.21. The number of rotatable bonds is 4. The van der Waals surface area contributed by atoms with Gasteiger partial charge >= 0.3 is 0 Å². The van der Waals surface area contributed by atoms with Gasteiger partial charge in [-0.2, -0.15) is 0 Å². The number of halogens is 1. The zero-order valence-corrected chi connectivity index (χ0v) is 13.1. The zero-order chi connectivity index (χ0) is 14.7. The van der Waals surface area contributed by atoms with Gasteiger partial charge in [0.15, 0.2) is 0 Å². The summed E-state index contributed by atoms with van der Waals surface area (Å²) in [4.78, 5) is 4.66. The molecule has 1 aliphatic carbocycles. The number of hydrogen-bond donors (Lipinski definition) is 1. The maximum atomic E-state index is 5.97. The molecular formula is C18H21ClN2. The number of pyridine rings is 1. The summed E-state index contributed by atoms with van der Waals surface area (Å²) in [5.41, 5.74) is 4.03. The third-order valence-corrected chi connectivity index (χ3v) is 4.72. The Morgan fingerprint density at radius 2 is 2.10 bits per heavy atom. The van der Waals surface area contributed by atoms with Crippen molar-refractivity contribution < 1.29 is 0 Å². The minimum absolute atomic E-state index is 0.417. The maximum Gasteiger partial charge on any atom is 0.0482 e. The molecule has 0 aliphatic heterocycles. The fraction of sp³-hybridized carbons (Fsp3) is 0.389. The van der Waals surface area contributed by atoms with Crippen molar-refractivity contribution in [1.82, 2.24) is 10.3 Å². The standard InChI is InChI=1S/C18H21ClN2/c1-20-17(12-13-7-9-15(19)10-8-13)16-6-2-4-14-5-3-11-21-18(14)16/h3,5,7-11,16-17,20H,2,4,6,12H2,1H3. The molecule has 2 atom stereocenters. The van der Waals surface area contributed by atoms with Crippen LogP contribution in [0.4, 0.5) is 0 Å². The molecule has 2 unspecified atom stereocenters. The van der Waals surface area contributed by atoms with Gasteiger partial charge < -0.3 is 5.32 Å². The Hall–Kier alpha value is -1.38. The van der Waals surface area contributed by atoms with E-state index in [-0.39, 0.29) is 0 Å². The monoisotopic (exact) mass is 300 g/mol. The average Bonchev–Trinajstić information content (AvgIpc) is 2.54. The molecule has 0 bridgehead atoms. The van der Waals surface area contributed by atoms with E-state index in [0.29, 0.717) is 12.0 Å². The fourth-order valence-corrected chi connectivity index (χ4v) is 3.48. The summed E-state index contributed by atoms with van der Waals surface area (Å²) in [5, 5.41) is 4.30. The summed E-state index contributed by atoms with van der Waals surface area (Å²) in [6, 6.07) is 12.9. The van der Waals surface area contributed by atoms with Crippen molar-refractivity contribution in [2.75, 3.05) is 7.05 Å². The van der Waals surface area contributed by atoms with Gasteiger partial charge in [0.25, 0.3) is 0 Å². The van der Waals surface area contributed by atoms with Crippen LogP contribution in [0.2, 0.25) is 5.02 Å². The summed E-state index contributed by atoms with van der Waals surface area (Å²) >= 11 is 5.97. The van der Waals surface area contributed by atoms with Gasteiger partial charge in [-0.3, -0.25) is 4.98 Å². The average molecular weight is 301 g/mol. The predicted octanol–water partition coefficient (Wildman–Crippen LogP) is 3.99. The van der Waals surface area contributed by atoms with Gasteiger partial charge in [-0.1, -0.05) is 29.8 Å². The first-order valence-electron chi connectivity index (χ1n) is 7.63. The lowest BCUT2D eigenvalue weighted by Gasteiger charge is -2.31. The SMILES string of the molecule is CNC(Cc1ccc(Cl)cc1)C1CCCc2cccnc21. The lowest BCUT2D eigenvalue weighted by atomic mass is 9.80. The van der Waals surface area contributed by atoms with E-state index >= 15 is 0 Å². The zero-order valence-electron chi connectivity index (χ0n) is 12.3. The molecule has 2 aromatic rings. The number of fused-ring (bicyclic) bond motifs is 1. The summed E-state index contributed by atoms with van der Waals surface area (Å²) < 4.78 is 0. The molecule has 3 heteroatoms. The molecule has 21 heavy (non-hydrogen) atoms. The molecule has 1 N–H and O–H groups in total. The molecule has 0 saturated heterocycles. The third-order valence-electron chi connectivity index (χ3n) is 4.46. The highest BCUT2D eigenvalue weighted by Gasteiger charge is 2.28. The van der Waals surface area contributed by atoms with Crippen LogP contribution in [-0.4, -0.2) is 18.1 Å². The molecule has 1 heterocycles. The van der Waals surface area contributed by atoms with E-state index in [2.05, 4.69) is 41.6 Å². The lowest BCUT2D eigenvalue weighted by Crippen LogP contribution is -2.36. The molecule has 2 nitrogen and oxygen atoms in total. The first kappa shape index (κ1) is 14.6. The summed E-state index contributed by atoms with van der Waals surface area (Å²) in [5.74, 6) is 0.496. The van der Waals surface area contributed by atoms with Gasteiger partial charge in [-0.15, -0.1) is 0 Å². The molecule has 0 fully saturated rings. The van der Waals surface area contributed by atoms with Gasteiger partial charge in [-0.25, -0.2) is 0 Å². The summed E-state index contributed by atoms with van der Waals surface area (Å²) in [7, 11) is 2.05. The van der Waals surface area contributed by atoms with E-state index in [1.807, 2.05) is 18.3 Å². The van der Waals surface area contributed by atoms with Crippen LogP contribution < -0.4 is 5.32 Å². The van der Waals surface area contributed by atoms with Crippen LogP contribution in [0.5, 0.6) is 0 Å². The Kier molecular flexibility index (Phi) is 4.57. The molecule has 0 saturated carbocycles. The number of benzene rings is 1. The van der Waals surface area contributed by atoms with Gasteiger partial charge in [-0.05, 0) is 62.1 Å². The number of nitrogens with one attached hydrogen (secondary N) is 1. The van der Waals surface area contributed by atoms with Crippen LogP contribution in [-0.2, 0) is 12.8 Å². The molecule has 1 aromatic heterocycles. The quantitative estimate of drug-likeness (QED) is 0.923. The van der Waals surface area contributed by atoms with Crippen LogP contribution in [0.15, 0.2) is 42.6 Å². The predicted molar refractivity (Wildman–Crippen MR) is 87.9 cm³/mol. The van der Waals surface area contributed by atoms with Crippen molar-refractivity contribution in [3.8, 4) is 0 Å². The van der Waals surface area contributed by atoms with Crippen LogP contribution >= 0.6 is 11.6 Å². The number of aryl methyl sites for hydroxylation is 1. The number of nitrogens with zero attached hydrogens (tertiary/aromatic N) is 1. The first-order valence-corrected chi connectivity index (χ1v) is 8.01. The van der Waals surface area contributed by atoms with Crippen molar-refractivity contribution in [1.29, 1.82) is 0 Å². The lowest BCUT2D eigenvalue weighted by molar-refractivity contribution is 0.403. The Bertz CT molecular complexity index is 594. The van der Waals surface area contributed by atoms with E-state index in [1.165, 1.54) is 29.7 Å². The van der Waals surface area contributed by atoms with Crippen molar-refractivity contribution in [3.05, 3.63) is 64.4 Å². The van der Waals surface area contributed by atoms with Crippen LogP contribution in [0.3, 0.4) is 0 Å². The molecule has 3 rings (SSSR count). The molecule has 0 radical (unpaired) electrons. The first-order chi connectivity index (χ1) is 10.3. The highest BCUT2D eigenvalue weighted by atomic mass is 35.5. The van der Waals surface area contributed by atoms with E-state index < -0.39 is 0 Å². The van der Waals surface area contributed by atoms with Gasteiger partial charge in [0.2, 0.25) is 0 Å². The van der Waals surface area contributed by atoms with Crippen molar-refractivity contribution in [2.45, 2.75) is 37.6 Å². The van der Waals surface area contributed by atoms with Crippen molar-refractivity contribution in [2.24, 2.45) is 0 Å². The number of aromatic nitrogens is 1. The van der Waals surface area contributed by atoms with E-state index in [9.17, 15) is 0 Å². The number of likely N-dealkylation sites (N-methyl/N-ethyl adjacent to an activating group) is 1. The third kappa shape index (κ3) is 3.28.